The Labute approximate surface area is 171 Å². The van der Waals surface area contributed by atoms with E-state index in [1.54, 1.807) is 18.2 Å². The number of hydrogen-bond donors (Lipinski definition) is 1. The number of ketones is 1. The number of halogens is 2. The highest BCUT2D eigenvalue weighted by molar-refractivity contribution is 5.78. The van der Waals surface area contributed by atoms with Crippen LogP contribution < -0.4 is 5.32 Å². The van der Waals surface area contributed by atoms with Gasteiger partial charge in [-0.05, 0) is 31.2 Å². The number of carbonyl (C=O) groups is 2. The van der Waals surface area contributed by atoms with Crippen molar-refractivity contribution in [3.05, 3.63) is 59.2 Å². The van der Waals surface area contributed by atoms with Gasteiger partial charge in [-0.2, -0.15) is 0 Å². The molecular weight excluding hydrogens is 376 g/mol. The van der Waals surface area contributed by atoms with Gasteiger partial charge in [0.15, 0.2) is 0 Å². The number of allylic oxidation sites excluding steroid dienone is 2. The number of hydrogen-bond acceptors (Lipinski definition) is 3. The third kappa shape index (κ3) is 7.80. The number of ether oxygens (including phenoxy) is 1. The Kier molecular flexibility index (Phi) is 8.55. The molecule has 0 radical (unpaired) electrons. The van der Waals surface area contributed by atoms with Crippen molar-refractivity contribution in [2.45, 2.75) is 64.3 Å². The SMILES string of the molecule is CCC1=CCC(NC(=O)OCCCC(=O)CCc2ccccc2C(C)(F)F)C=C1. The minimum absolute atomic E-state index is 0.0318. The van der Waals surface area contributed by atoms with E-state index in [4.69, 9.17) is 4.74 Å². The van der Waals surface area contributed by atoms with E-state index in [0.29, 0.717) is 12.0 Å². The third-order valence-electron chi connectivity index (χ3n) is 4.88. The lowest BCUT2D eigenvalue weighted by molar-refractivity contribution is -0.119. The van der Waals surface area contributed by atoms with Crippen LogP contribution in [0.15, 0.2) is 48.1 Å². The molecule has 1 amide bonds. The Morgan fingerprint density at radius 3 is 2.66 bits per heavy atom. The Bertz CT molecular complexity index is 766. The number of rotatable bonds is 10. The Balaban J connectivity index is 1.64. The van der Waals surface area contributed by atoms with Crippen molar-refractivity contribution in [2.75, 3.05) is 6.61 Å². The summed E-state index contributed by atoms with van der Waals surface area (Å²) in [5, 5.41) is 2.77. The molecule has 2 rings (SSSR count). The Morgan fingerprint density at radius 2 is 2.00 bits per heavy atom. The quantitative estimate of drug-likeness (QED) is 0.525. The Hall–Kier alpha value is -2.50. The fourth-order valence-electron chi connectivity index (χ4n) is 3.23. The molecule has 0 spiro atoms. The van der Waals surface area contributed by atoms with Gasteiger partial charge in [0.1, 0.15) is 5.78 Å². The zero-order valence-electron chi connectivity index (χ0n) is 17.0. The second-order valence-corrected chi connectivity index (χ2v) is 7.30. The zero-order valence-corrected chi connectivity index (χ0v) is 17.0. The fraction of sp³-hybridized carbons (Fsp3) is 0.478. The second-order valence-electron chi connectivity index (χ2n) is 7.30. The van der Waals surface area contributed by atoms with Gasteiger partial charge in [-0.25, -0.2) is 13.6 Å². The molecule has 0 bridgehead atoms. The van der Waals surface area contributed by atoms with Gasteiger partial charge in [0.2, 0.25) is 0 Å². The van der Waals surface area contributed by atoms with Crippen molar-refractivity contribution in [3.63, 3.8) is 0 Å². The van der Waals surface area contributed by atoms with E-state index in [2.05, 4.69) is 18.3 Å². The predicted molar refractivity (Wildman–Crippen MR) is 109 cm³/mol. The number of carbonyl (C=O) groups excluding carboxylic acids is 2. The van der Waals surface area contributed by atoms with Crippen molar-refractivity contribution >= 4 is 11.9 Å². The molecule has 0 aromatic heterocycles. The number of nitrogens with one attached hydrogen (secondary N) is 1. The van der Waals surface area contributed by atoms with Gasteiger partial charge in [0.05, 0.1) is 12.6 Å². The van der Waals surface area contributed by atoms with Crippen molar-refractivity contribution in [1.82, 2.24) is 5.32 Å². The molecule has 4 nitrogen and oxygen atoms in total. The number of benzene rings is 1. The maximum absolute atomic E-state index is 13.6. The summed E-state index contributed by atoms with van der Waals surface area (Å²) in [7, 11) is 0. The van der Waals surface area contributed by atoms with E-state index in [-0.39, 0.29) is 43.3 Å². The van der Waals surface area contributed by atoms with Crippen LogP contribution in [-0.2, 0) is 21.9 Å². The average Bonchev–Trinajstić information content (AvgIpc) is 2.70. The summed E-state index contributed by atoms with van der Waals surface area (Å²) in [6.07, 6.45) is 8.39. The summed E-state index contributed by atoms with van der Waals surface area (Å²) in [5.74, 6) is -2.96. The maximum Gasteiger partial charge on any atom is 0.407 e. The molecule has 1 N–H and O–H groups in total. The van der Waals surface area contributed by atoms with Crippen LogP contribution in [0.5, 0.6) is 0 Å². The van der Waals surface area contributed by atoms with E-state index in [9.17, 15) is 18.4 Å². The van der Waals surface area contributed by atoms with E-state index in [0.717, 1.165) is 19.8 Å². The molecule has 1 aromatic rings. The fourth-order valence-corrected chi connectivity index (χ4v) is 3.23. The molecule has 1 aromatic carbocycles. The lowest BCUT2D eigenvalue weighted by atomic mass is 9.97. The maximum atomic E-state index is 13.6. The summed E-state index contributed by atoms with van der Waals surface area (Å²) in [6, 6.07) is 6.22. The highest BCUT2D eigenvalue weighted by Crippen LogP contribution is 2.30. The number of Topliss-reactive ketones (excluding diaryl/α,β-unsaturated/α-hetero) is 1. The van der Waals surface area contributed by atoms with E-state index >= 15 is 0 Å². The molecule has 1 unspecified atom stereocenters. The molecule has 0 fully saturated rings. The first-order valence-corrected chi connectivity index (χ1v) is 10.1. The Morgan fingerprint density at radius 1 is 1.24 bits per heavy atom. The molecule has 1 atom stereocenters. The highest BCUT2D eigenvalue weighted by Gasteiger charge is 2.26. The van der Waals surface area contributed by atoms with E-state index in [1.807, 2.05) is 12.2 Å². The van der Waals surface area contributed by atoms with E-state index in [1.165, 1.54) is 11.6 Å². The molecule has 6 heteroatoms. The summed E-state index contributed by atoms with van der Waals surface area (Å²) in [4.78, 5) is 23.8. The van der Waals surface area contributed by atoms with Gasteiger partial charge in [0.25, 0.3) is 5.92 Å². The molecule has 1 aliphatic carbocycles. The van der Waals surface area contributed by atoms with Crippen molar-refractivity contribution in [3.8, 4) is 0 Å². The first-order valence-electron chi connectivity index (χ1n) is 10.1. The molecule has 29 heavy (non-hydrogen) atoms. The summed E-state index contributed by atoms with van der Waals surface area (Å²) < 4.78 is 32.4. The number of amides is 1. The highest BCUT2D eigenvalue weighted by atomic mass is 19.3. The van der Waals surface area contributed by atoms with Crippen LogP contribution in [-0.4, -0.2) is 24.5 Å². The van der Waals surface area contributed by atoms with Crippen LogP contribution in [0.4, 0.5) is 13.6 Å². The van der Waals surface area contributed by atoms with Gasteiger partial charge >= 0.3 is 6.09 Å². The summed E-state index contributed by atoms with van der Waals surface area (Å²) >= 11 is 0. The monoisotopic (exact) mass is 405 g/mol. The number of alkyl carbamates (subject to hydrolysis) is 1. The van der Waals surface area contributed by atoms with Crippen molar-refractivity contribution in [2.24, 2.45) is 0 Å². The number of aryl methyl sites for hydroxylation is 1. The molecule has 0 heterocycles. The van der Waals surface area contributed by atoms with Gasteiger partial charge in [-0.1, -0.05) is 55.0 Å². The normalized spacial score (nSPS) is 16.3. The second kappa shape index (κ2) is 10.9. The third-order valence-corrected chi connectivity index (χ3v) is 4.88. The standard InChI is InChI=1S/C23H29F2NO3/c1-3-17-10-13-19(14-11-17)26-22(28)29-16-6-8-20(27)15-12-18-7-4-5-9-21(18)23(2,24)25/h4-5,7,9-11,13,19H,3,6,8,12,14-16H2,1-2H3,(H,26,28). The topological polar surface area (TPSA) is 55.4 Å². The van der Waals surface area contributed by atoms with Gasteiger partial charge in [-0.15, -0.1) is 0 Å². The minimum Gasteiger partial charge on any atom is -0.450 e. The van der Waals surface area contributed by atoms with Crippen LogP contribution in [0.2, 0.25) is 0 Å². The van der Waals surface area contributed by atoms with Gasteiger partial charge in [-0.3, -0.25) is 4.79 Å². The van der Waals surface area contributed by atoms with E-state index < -0.39 is 12.0 Å². The van der Waals surface area contributed by atoms with Gasteiger partial charge in [0, 0.05) is 25.3 Å². The average molecular weight is 405 g/mol. The molecule has 158 valence electrons. The molecule has 0 saturated carbocycles. The summed E-state index contributed by atoms with van der Waals surface area (Å²) in [5.41, 5.74) is 1.70. The van der Waals surface area contributed by atoms with Crippen LogP contribution >= 0.6 is 0 Å². The van der Waals surface area contributed by atoms with Crippen molar-refractivity contribution < 1.29 is 23.1 Å². The predicted octanol–water partition coefficient (Wildman–Crippen LogP) is 5.47. The van der Waals surface area contributed by atoms with Crippen LogP contribution in [0.3, 0.4) is 0 Å². The molecular formula is C23H29F2NO3. The molecule has 0 aliphatic heterocycles. The number of alkyl halides is 2. The molecule has 1 aliphatic rings. The largest absolute Gasteiger partial charge is 0.450 e. The van der Waals surface area contributed by atoms with Crippen LogP contribution in [0, 0.1) is 0 Å². The first-order chi connectivity index (χ1) is 13.8. The minimum atomic E-state index is -2.93. The summed E-state index contributed by atoms with van der Waals surface area (Å²) in [6.45, 7) is 3.09. The molecule has 0 saturated heterocycles. The van der Waals surface area contributed by atoms with Crippen LogP contribution in [0.25, 0.3) is 0 Å². The zero-order chi connectivity index (χ0) is 21.3. The lowest BCUT2D eigenvalue weighted by Crippen LogP contribution is -2.34. The lowest BCUT2D eigenvalue weighted by Gasteiger charge is -2.17. The van der Waals surface area contributed by atoms with Crippen molar-refractivity contribution in [1.29, 1.82) is 0 Å². The smallest absolute Gasteiger partial charge is 0.407 e. The first kappa shape index (κ1) is 22.8. The van der Waals surface area contributed by atoms with Crippen LogP contribution in [0.1, 0.15) is 57.1 Å². The van der Waals surface area contributed by atoms with Gasteiger partial charge < -0.3 is 10.1 Å².